The van der Waals surface area contributed by atoms with E-state index in [2.05, 4.69) is 26.6 Å². The van der Waals surface area contributed by atoms with Crippen molar-refractivity contribution in [2.24, 2.45) is 0 Å². The molecular weight excluding hydrogens is 304 g/mol. The number of urea groups is 1. The molecule has 0 unspecified atom stereocenters. The number of benzene rings is 1. The lowest BCUT2D eigenvalue weighted by Gasteiger charge is -2.08. The van der Waals surface area contributed by atoms with E-state index in [-0.39, 0.29) is 5.56 Å². The highest BCUT2D eigenvalue weighted by atomic mass is 79.9. The molecule has 0 heterocycles. The number of aromatic carboxylic acids is 1. The molecule has 0 aromatic heterocycles. The number of halogens is 1. The number of hydrogen-bond donors (Lipinski definition) is 3. The summed E-state index contributed by atoms with van der Waals surface area (Å²) in [5.74, 6) is -1.06. The van der Waals surface area contributed by atoms with Crippen LogP contribution in [0.5, 0.6) is 0 Å². The summed E-state index contributed by atoms with van der Waals surface area (Å²) >= 11 is 3.18. The fraction of sp³-hybridized carbons (Fsp3) is 0.273. The fourth-order valence-corrected chi connectivity index (χ4v) is 1.72. The number of carbonyl (C=O) groups is 2. The summed E-state index contributed by atoms with van der Waals surface area (Å²) in [6, 6.07) is 4.03. The van der Waals surface area contributed by atoms with Crippen LogP contribution in [0, 0.1) is 0 Å². The van der Waals surface area contributed by atoms with Gasteiger partial charge in [-0.1, -0.05) is 15.9 Å². The normalized spacial score (nSPS) is 9.89. The largest absolute Gasteiger partial charge is 0.478 e. The van der Waals surface area contributed by atoms with Crippen molar-refractivity contribution in [2.45, 2.75) is 0 Å². The van der Waals surface area contributed by atoms with Crippen LogP contribution in [0.4, 0.5) is 10.5 Å². The highest BCUT2D eigenvalue weighted by Crippen LogP contribution is 2.19. The average molecular weight is 317 g/mol. The van der Waals surface area contributed by atoms with E-state index in [4.69, 9.17) is 9.84 Å². The molecule has 1 aromatic rings. The van der Waals surface area contributed by atoms with Gasteiger partial charge in [0.2, 0.25) is 0 Å². The Hall–Kier alpha value is -1.60. The van der Waals surface area contributed by atoms with E-state index < -0.39 is 12.0 Å². The number of carbonyl (C=O) groups excluding carboxylic acids is 1. The lowest BCUT2D eigenvalue weighted by atomic mass is 10.2. The van der Waals surface area contributed by atoms with Gasteiger partial charge in [0.05, 0.1) is 12.2 Å². The lowest BCUT2D eigenvalue weighted by Crippen LogP contribution is -2.31. The van der Waals surface area contributed by atoms with Crippen LogP contribution in [-0.2, 0) is 4.74 Å². The Morgan fingerprint density at radius 3 is 2.72 bits per heavy atom. The summed E-state index contributed by atoms with van der Waals surface area (Å²) in [4.78, 5) is 22.3. The number of amides is 2. The minimum absolute atomic E-state index is 0.0940. The van der Waals surface area contributed by atoms with Crippen LogP contribution >= 0.6 is 15.9 Å². The fourth-order valence-electron chi connectivity index (χ4n) is 1.23. The first-order valence-electron chi connectivity index (χ1n) is 5.10. The van der Waals surface area contributed by atoms with Crippen molar-refractivity contribution in [1.82, 2.24) is 5.32 Å². The van der Waals surface area contributed by atoms with Gasteiger partial charge in [-0.15, -0.1) is 0 Å². The van der Waals surface area contributed by atoms with Gasteiger partial charge >= 0.3 is 12.0 Å². The molecular formula is C11H13BrN2O4. The molecule has 2 amide bonds. The lowest BCUT2D eigenvalue weighted by molar-refractivity contribution is 0.0697. The zero-order chi connectivity index (χ0) is 13.5. The SMILES string of the molecule is COCCNC(=O)Nc1cc(Br)cc(C(=O)O)c1. The van der Waals surface area contributed by atoms with Gasteiger partial charge in [-0.2, -0.15) is 0 Å². The first-order chi connectivity index (χ1) is 8.52. The van der Waals surface area contributed by atoms with E-state index in [1.807, 2.05) is 0 Å². The van der Waals surface area contributed by atoms with Gasteiger partial charge in [0.15, 0.2) is 0 Å². The van der Waals surface area contributed by atoms with Crippen molar-refractivity contribution in [3.8, 4) is 0 Å². The molecule has 0 saturated heterocycles. The number of hydrogen-bond acceptors (Lipinski definition) is 3. The van der Waals surface area contributed by atoms with Crippen molar-refractivity contribution in [3.63, 3.8) is 0 Å². The van der Waals surface area contributed by atoms with Crippen LogP contribution in [-0.4, -0.2) is 37.4 Å². The van der Waals surface area contributed by atoms with Gasteiger partial charge in [-0.3, -0.25) is 0 Å². The van der Waals surface area contributed by atoms with Crippen molar-refractivity contribution < 1.29 is 19.4 Å². The summed E-state index contributed by atoms with van der Waals surface area (Å²) in [5.41, 5.74) is 0.494. The molecule has 7 heteroatoms. The molecule has 0 aliphatic heterocycles. The van der Waals surface area contributed by atoms with Crippen molar-refractivity contribution in [1.29, 1.82) is 0 Å². The Morgan fingerprint density at radius 1 is 1.39 bits per heavy atom. The van der Waals surface area contributed by atoms with Crippen LogP contribution in [0.2, 0.25) is 0 Å². The predicted molar refractivity (Wildman–Crippen MR) is 70.0 cm³/mol. The highest BCUT2D eigenvalue weighted by molar-refractivity contribution is 9.10. The maximum Gasteiger partial charge on any atom is 0.335 e. The van der Waals surface area contributed by atoms with Crippen LogP contribution in [0.25, 0.3) is 0 Å². The van der Waals surface area contributed by atoms with Crippen molar-refractivity contribution in [3.05, 3.63) is 28.2 Å². The summed E-state index contributed by atoms with van der Waals surface area (Å²) in [6.45, 7) is 0.786. The summed E-state index contributed by atoms with van der Waals surface area (Å²) in [5, 5.41) is 14.0. The van der Waals surface area contributed by atoms with Gasteiger partial charge in [0.1, 0.15) is 0 Å². The summed E-state index contributed by atoms with van der Waals surface area (Å²) in [6.07, 6.45) is 0. The molecule has 0 saturated carbocycles. The Bertz CT molecular complexity index is 451. The molecule has 0 spiro atoms. The number of carboxylic acids is 1. The Balaban J connectivity index is 2.66. The first-order valence-corrected chi connectivity index (χ1v) is 5.90. The van der Waals surface area contributed by atoms with E-state index in [1.165, 1.54) is 19.2 Å². The highest BCUT2D eigenvalue weighted by Gasteiger charge is 2.08. The molecule has 1 rings (SSSR count). The Kier molecular flexibility index (Phi) is 5.60. The van der Waals surface area contributed by atoms with Crippen LogP contribution < -0.4 is 10.6 Å². The third-order valence-corrected chi connectivity index (χ3v) is 2.45. The molecule has 0 aliphatic carbocycles. The zero-order valence-corrected chi connectivity index (χ0v) is 11.3. The van der Waals surface area contributed by atoms with Crippen LogP contribution in [0.3, 0.4) is 0 Å². The minimum Gasteiger partial charge on any atom is -0.478 e. The monoisotopic (exact) mass is 316 g/mol. The summed E-state index contributed by atoms with van der Waals surface area (Å²) in [7, 11) is 1.53. The number of rotatable bonds is 5. The van der Waals surface area contributed by atoms with Gasteiger partial charge in [-0.05, 0) is 18.2 Å². The van der Waals surface area contributed by atoms with Gasteiger partial charge in [-0.25, -0.2) is 9.59 Å². The van der Waals surface area contributed by atoms with E-state index in [0.717, 1.165) is 0 Å². The maximum absolute atomic E-state index is 11.4. The number of anilines is 1. The van der Waals surface area contributed by atoms with E-state index in [9.17, 15) is 9.59 Å². The maximum atomic E-state index is 11.4. The average Bonchev–Trinajstić information content (AvgIpc) is 2.28. The Labute approximate surface area is 112 Å². The molecule has 98 valence electrons. The topological polar surface area (TPSA) is 87.7 Å². The molecule has 0 bridgehead atoms. The predicted octanol–water partition coefficient (Wildman–Crippen LogP) is 1.92. The second-order valence-corrected chi connectivity index (χ2v) is 4.32. The number of carboxylic acid groups (broad SMARTS) is 1. The number of methoxy groups -OCH3 is 1. The minimum atomic E-state index is -1.06. The molecule has 0 radical (unpaired) electrons. The molecule has 3 N–H and O–H groups in total. The standard InChI is InChI=1S/C11H13BrN2O4/c1-18-3-2-13-11(17)14-9-5-7(10(15)16)4-8(12)6-9/h4-6H,2-3H2,1H3,(H,15,16)(H2,13,14,17). The molecule has 6 nitrogen and oxygen atoms in total. The van der Waals surface area contributed by atoms with E-state index in [0.29, 0.717) is 23.3 Å². The van der Waals surface area contributed by atoms with E-state index in [1.54, 1.807) is 6.07 Å². The summed E-state index contributed by atoms with van der Waals surface area (Å²) < 4.78 is 5.36. The van der Waals surface area contributed by atoms with Gasteiger partial charge < -0.3 is 20.5 Å². The van der Waals surface area contributed by atoms with Crippen LogP contribution in [0.1, 0.15) is 10.4 Å². The smallest absolute Gasteiger partial charge is 0.335 e. The third kappa shape index (κ3) is 4.72. The number of ether oxygens (including phenoxy) is 1. The van der Waals surface area contributed by atoms with Gasteiger partial charge in [0.25, 0.3) is 0 Å². The molecule has 0 atom stereocenters. The first kappa shape index (κ1) is 14.5. The van der Waals surface area contributed by atoms with E-state index >= 15 is 0 Å². The third-order valence-electron chi connectivity index (χ3n) is 1.99. The number of nitrogens with one attached hydrogen (secondary N) is 2. The second kappa shape index (κ2) is 6.97. The van der Waals surface area contributed by atoms with Gasteiger partial charge in [0, 0.05) is 23.8 Å². The molecule has 0 fully saturated rings. The van der Waals surface area contributed by atoms with Crippen LogP contribution in [0.15, 0.2) is 22.7 Å². The molecule has 18 heavy (non-hydrogen) atoms. The molecule has 0 aliphatic rings. The second-order valence-electron chi connectivity index (χ2n) is 3.41. The van der Waals surface area contributed by atoms with Crippen molar-refractivity contribution >= 4 is 33.6 Å². The quantitative estimate of drug-likeness (QED) is 0.724. The molecule has 1 aromatic carbocycles. The Morgan fingerprint density at radius 2 is 2.11 bits per heavy atom. The van der Waals surface area contributed by atoms with Crippen molar-refractivity contribution in [2.75, 3.05) is 25.6 Å². The zero-order valence-electron chi connectivity index (χ0n) is 9.70.